The van der Waals surface area contributed by atoms with Gasteiger partial charge in [-0.3, -0.25) is 4.79 Å². The van der Waals surface area contributed by atoms with E-state index in [9.17, 15) is 9.59 Å². The number of carbonyl (C=O) groups excluding carboxylic acids is 2. The maximum atomic E-state index is 12.2. The van der Waals surface area contributed by atoms with Gasteiger partial charge in [0.05, 0.1) is 15.7 Å². The molecule has 0 aliphatic rings. The molecule has 0 saturated heterocycles. The molecule has 5 nitrogen and oxygen atoms in total. The smallest absolute Gasteiger partial charge is 0.344 e. The predicted molar refractivity (Wildman–Crippen MR) is 107 cm³/mol. The Hall–Kier alpha value is -2.24. The molecule has 0 bridgehead atoms. The van der Waals surface area contributed by atoms with Crippen molar-refractivity contribution < 1.29 is 19.1 Å². The molecule has 1 atom stereocenters. The van der Waals surface area contributed by atoms with E-state index in [1.165, 1.54) is 12.5 Å². The molecular weight excluding hydrogens is 389 g/mol. The van der Waals surface area contributed by atoms with Crippen molar-refractivity contribution in [2.75, 3.05) is 11.9 Å². The van der Waals surface area contributed by atoms with Crippen LogP contribution < -0.4 is 10.1 Å². The lowest BCUT2D eigenvalue weighted by atomic mass is 10.0. The quantitative estimate of drug-likeness (QED) is 0.648. The van der Waals surface area contributed by atoms with Crippen LogP contribution in [0.4, 0.5) is 5.69 Å². The Bertz CT molecular complexity index is 786. The summed E-state index contributed by atoms with van der Waals surface area (Å²) < 4.78 is 10.5. The van der Waals surface area contributed by atoms with Gasteiger partial charge in [-0.1, -0.05) is 55.2 Å². The molecule has 0 radical (unpaired) electrons. The summed E-state index contributed by atoms with van der Waals surface area (Å²) in [6.45, 7) is 5.34. The number of para-hydroxylation sites is 1. The third kappa shape index (κ3) is 6.15. The highest BCUT2D eigenvalue weighted by atomic mass is 35.5. The second-order valence-electron chi connectivity index (χ2n) is 6.23. The maximum Gasteiger partial charge on any atom is 0.344 e. The van der Waals surface area contributed by atoms with Crippen LogP contribution in [0.2, 0.25) is 10.0 Å². The average molecular weight is 410 g/mol. The van der Waals surface area contributed by atoms with Crippen LogP contribution in [-0.2, 0) is 14.3 Å². The molecule has 2 aromatic rings. The monoisotopic (exact) mass is 409 g/mol. The number of rotatable bonds is 7. The van der Waals surface area contributed by atoms with Gasteiger partial charge >= 0.3 is 5.97 Å². The van der Waals surface area contributed by atoms with E-state index in [2.05, 4.69) is 19.2 Å². The fourth-order valence-electron chi connectivity index (χ4n) is 2.22. The molecule has 27 heavy (non-hydrogen) atoms. The third-order valence-corrected chi connectivity index (χ3v) is 4.42. The van der Waals surface area contributed by atoms with Crippen molar-refractivity contribution in [1.82, 2.24) is 0 Å². The summed E-state index contributed by atoms with van der Waals surface area (Å²) in [6.07, 6.45) is -1.03. The topological polar surface area (TPSA) is 64.6 Å². The zero-order valence-corrected chi connectivity index (χ0v) is 16.8. The molecule has 0 aliphatic heterocycles. The van der Waals surface area contributed by atoms with Gasteiger partial charge in [-0.25, -0.2) is 4.79 Å². The molecule has 0 fully saturated rings. The van der Waals surface area contributed by atoms with Crippen LogP contribution in [0.1, 0.15) is 32.3 Å². The van der Waals surface area contributed by atoms with Crippen molar-refractivity contribution in [3.8, 4) is 5.75 Å². The predicted octanol–water partition coefficient (Wildman–Crippen LogP) is 5.07. The summed E-state index contributed by atoms with van der Waals surface area (Å²) in [5.41, 5.74) is 1.45. The van der Waals surface area contributed by atoms with Crippen molar-refractivity contribution in [3.05, 3.63) is 58.1 Å². The van der Waals surface area contributed by atoms with Crippen molar-refractivity contribution >= 4 is 40.8 Å². The average Bonchev–Trinajstić information content (AvgIpc) is 2.63. The number of hydrogen-bond acceptors (Lipinski definition) is 4. The normalized spacial score (nSPS) is 11.8. The van der Waals surface area contributed by atoms with E-state index >= 15 is 0 Å². The Balaban J connectivity index is 1.84. The first-order valence-corrected chi connectivity index (χ1v) is 9.20. The van der Waals surface area contributed by atoms with E-state index in [-0.39, 0.29) is 12.3 Å². The third-order valence-electron chi connectivity index (χ3n) is 3.79. The van der Waals surface area contributed by atoms with Crippen LogP contribution in [0.5, 0.6) is 5.75 Å². The van der Waals surface area contributed by atoms with Gasteiger partial charge in [0.15, 0.2) is 12.7 Å². The van der Waals surface area contributed by atoms with Crippen molar-refractivity contribution in [1.29, 1.82) is 0 Å². The summed E-state index contributed by atoms with van der Waals surface area (Å²) in [7, 11) is 0. The fourth-order valence-corrected chi connectivity index (χ4v) is 2.71. The van der Waals surface area contributed by atoms with Crippen LogP contribution in [0.15, 0.2) is 42.5 Å². The molecule has 7 heteroatoms. The molecule has 0 aromatic heterocycles. The summed E-state index contributed by atoms with van der Waals surface area (Å²) in [4.78, 5) is 24.1. The zero-order valence-electron chi connectivity index (χ0n) is 15.3. The van der Waals surface area contributed by atoms with E-state index in [0.29, 0.717) is 21.7 Å². The Morgan fingerprint density at radius 2 is 1.59 bits per heavy atom. The molecule has 144 valence electrons. The first-order chi connectivity index (χ1) is 12.8. The molecule has 0 saturated carbocycles. The van der Waals surface area contributed by atoms with E-state index < -0.39 is 18.0 Å². The van der Waals surface area contributed by atoms with Gasteiger partial charge in [-0.05, 0) is 42.7 Å². The minimum atomic E-state index is -1.03. The van der Waals surface area contributed by atoms with Crippen LogP contribution in [0.25, 0.3) is 0 Å². The summed E-state index contributed by atoms with van der Waals surface area (Å²) >= 11 is 12.0. The van der Waals surface area contributed by atoms with Gasteiger partial charge in [0.2, 0.25) is 0 Å². The van der Waals surface area contributed by atoms with Crippen molar-refractivity contribution in [3.63, 3.8) is 0 Å². The van der Waals surface area contributed by atoms with Gasteiger partial charge in [-0.15, -0.1) is 0 Å². The largest absolute Gasteiger partial charge is 0.482 e. The molecule has 0 unspecified atom stereocenters. The van der Waals surface area contributed by atoms with Gasteiger partial charge in [0, 0.05) is 0 Å². The highest BCUT2D eigenvalue weighted by Crippen LogP contribution is 2.29. The number of esters is 1. The summed E-state index contributed by atoms with van der Waals surface area (Å²) in [5, 5.41) is 3.14. The first-order valence-electron chi connectivity index (χ1n) is 8.45. The number of ether oxygens (including phenoxy) is 2. The number of hydrogen-bond donors (Lipinski definition) is 1. The Kier molecular flexibility index (Phi) is 7.51. The molecule has 1 N–H and O–H groups in total. The van der Waals surface area contributed by atoms with Gasteiger partial charge in [0.25, 0.3) is 5.91 Å². The molecular formula is C20H21Cl2NO4. The molecule has 1 amide bonds. The van der Waals surface area contributed by atoms with Crippen LogP contribution in [-0.4, -0.2) is 24.6 Å². The van der Waals surface area contributed by atoms with Crippen LogP contribution in [0, 0.1) is 0 Å². The highest BCUT2D eigenvalue weighted by Gasteiger charge is 2.20. The number of anilines is 1. The minimum absolute atomic E-state index is 0.273. The molecule has 2 aromatic carbocycles. The SMILES string of the molecule is CC(C)c1ccc(OCC(=O)O[C@H](C)C(=O)Nc2c(Cl)cccc2Cl)cc1. The van der Waals surface area contributed by atoms with Crippen LogP contribution >= 0.6 is 23.2 Å². The lowest BCUT2D eigenvalue weighted by Crippen LogP contribution is -2.31. The van der Waals surface area contributed by atoms with Gasteiger partial charge < -0.3 is 14.8 Å². The Labute approximate surface area is 168 Å². The number of carbonyl (C=O) groups is 2. The van der Waals surface area contributed by atoms with Crippen molar-refractivity contribution in [2.45, 2.75) is 32.8 Å². The Morgan fingerprint density at radius 3 is 2.15 bits per heavy atom. The zero-order chi connectivity index (χ0) is 20.0. The lowest BCUT2D eigenvalue weighted by Gasteiger charge is -2.15. The molecule has 0 aliphatic carbocycles. The Morgan fingerprint density at radius 1 is 1.00 bits per heavy atom. The second-order valence-corrected chi connectivity index (χ2v) is 7.04. The van der Waals surface area contributed by atoms with Crippen LogP contribution in [0.3, 0.4) is 0 Å². The minimum Gasteiger partial charge on any atom is -0.482 e. The van der Waals surface area contributed by atoms with Crippen molar-refractivity contribution in [2.24, 2.45) is 0 Å². The van der Waals surface area contributed by atoms with E-state index in [1.54, 1.807) is 30.3 Å². The van der Waals surface area contributed by atoms with Gasteiger partial charge in [-0.2, -0.15) is 0 Å². The molecule has 0 heterocycles. The van der Waals surface area contributed by atoms with E-state index in [0.717, 1.165) is 0 Å². The maximum absolute atomic E-state index is 12.2. The number of benzene rings is 2. The summed E-state index contributed by atoms with van der Waals surface area (Å²) in [6, 6.07) is 12.3. The highest BCUT2D eigenvalue weighted by molar-refractivity contribution is 6.39. The van der Waals surface area contributed by atoms with E-state index in [1.807, 2.05) is 12.1 Å². The molecule has 2 rings (SSSR count). The summed E-state index contributed by atoms with van der Waals surface area (Å²) in [5.74, 6) is -0.234. The number of nitrogens with one attached hydrogen (secondary N) is 1. The van der Waals surface area contributed by atoms with E-state index in [4.69, 9.17) is 32.7 Å². The number of amides is 1. The first kappa shape index (κ1) is 21.1. The lowest BCUT2D eigenvalue weighted by molar-refractivity contribution is -0.155. The standard InChI is InChI=1S/C20H21Cl2NO4/c1-12(2)14-7-9-15(10-8-14)26-11-18(24)27-13(3)20(25)23-19-16(21)5-4-6-17(19)22/h4-10,12-13H,11H2,1-3H3,(H,23,25)/t13-/m1/s1. The number of halogens is 2. The second kappa shape index (κ2) is 9.62. The van der Waals surface area contributed by atoms with Gasteiger partial charge in [0.1, 0.15) is 5.75 Å². The fraction of sp³-hybridized carbons (Fsp3) is 0.300. The molecule has 0 spiro atoms.